The highest BCUT2D eigenvalue weighted by atomic mass is 16.5. The minimum Gasteiger partial charge on any atom is -0.493 e. The van der Waals surface area contributed by atoms with Gasteiger partial charge in [0.2, 0.25) is 5.91 Å². The number of carbonyl (C=O) groups excluding carboxylic acids is 1. The van der Waals surface area contributed by atoms with E-state index in [1.54, 1.807) is 0 Å². The third-order valence-electron chi connectivity index (χ3n) is 3.25. The Morgan fingerprint density at radius 2 is 2.29 bits per heavy atom. The third kappa shape index (κ3) is 2.78. The van der Waals surface area contributed by atoms with Gasteiger partial charge in [-0.25, -0.2) is 0 Å². The fourth-order valence-corrected chi connectivity index (χ4v) is 2.06. The molecule has 2 rings (SSSR count). The van der Waals surface area contributed by atoms with Gasteiger partial charge in [-0.3, -0.25) is 4.79 Å². The van der Waals surface area contributed by atoms with E-state index in [1.165, 1.54) is 0 Å². The highest BCUT2D eigenvalue weighted by Crippen LogP contribution is 2.35. The van der Waals surface area contributed by atoms with Crippen molar-refractivity contribution in [3.8, 4) is 5.75 Å². The molecule has 3 heteroatoms. The number of benzene rings is 1. The standard InChI is InChI=1S/C14H19NO2/c1-3-10(2)15-14(16)8-11-9-17-13-7-5-4-6-12(11)13/h4-7,10-11H,3,8-9H2,1-2H3,(H,15,16). The molecule has 17 heavy (non-hydrogen) atoms. The lowest BCUT2D eigenvalue weighted by atomic mass is 9.97. The van der Waals surface area contributed by atoms with Crippen molar-refractivity contribution < 1.29 is 9.53 Å². The van der Waals surface area contributed by atoms with Crippen molar-refractivity contribution in [3.05, 3.63) is 29.8 Å². The lowest BCUT2D eigenvalue weighted by Gasteiger charge is -2.13. The van der Waals surface area contributed by atoms with E-state index in [4.69, 9.17) is 4.74 Å². The van der Waals surface area contributed by atoms with Crippen LogP contribution in [-0.4, -0.2) is 18.6 Å². The highest BCUT2D eigenvalue weighted by Gasteiger charge is 2.25. The van der Waals surface area contributed by atoms with E-state index in [1.807, 2.05) is 31.2 Å². The summed E-state index contributed by atoms with van der Waals surface area (Å²) in [5, 5.41) is 2.99. The van der Waals surface area contributed by atoms with Crippen molar-refractivity contribution in [3.63, 3.8) is 0 Å². The Labute approximate surface area is 102 Å². The monoisotopic (exact) mass is 233 g/mol. The fraction of sp³-hybridized carbons (Fsp3) is 0.500. The van der Waals surface area contributed by atoms with Gasteiger partial charge in [0.15, 0.2) is 0 Å². The molecular weight excluding hydrogens is 214 g/mol. The Kier molecular flexibility index (Phi) is 3.67. The van der Waals surface area contributed by atoms with Gasteiger partial charge in [0.05, 0.1) is 6.61 Å². The van der Waals surface area contributed by atoms with Crippen LogP contribution in [-0.2, 0) is 4.79 Å². The molecule has 0 radical (unpaired) electrons. The largest absolute Gasteiger partial charge is 0.493 e. The molecule has 0 fully saturated rings. The molecule has 1 aliphatic heterocycles. The SMILES string of the molecule is CCC(C)NC(=O)CC1COc2ccccc21. The van der Waals surface area contributed by atoms with Crippen molar-refractivity contribution in [2.24, 2.45) is 0 Å². The smallest absolute Gasteiger partial charge is 0.220 e. The number of ether oxygens (including phenoxy) is 1. The fourth-order valence-electron chi connectivity index (χ4n) is 2.06. The van der Waals surface area contributed by atoms with Crippen LogP contribution in [0.5, 0.6) is 5.75 Å². The van der Waals surface area contributed by atoms with Crippen molar-refractivity contribution in [1.29, 1.82) is 0 Å². The summed E-state index contributed by atoms with van der Waals surface area (Å²) in [6, 6.07) is 8.21. The first kappa shape index (κ1) is 12.0. The van der Waals surface area contributed by atoms with Crippen LogP contribution in [0.25, 0.3) is 0 Å². The molecule has 1 amide bonds. The molecule has 0 aliphatic carbocycles. The summed E-state index contributed by atoms with van der Waals surface area (Å²) in [4.78, 5) is 11.8. The Morgan fingerprint density at radius 3 is 3.06 bits per heavy atom. The van der Waals surface area contributed by atoms with Crippen LogP contribution >= 0.6 is 0 Å². The molecule has 3 nitrogen and oxygen atoms in total. The van der Waals surface area contributed by atoms with E-state index in [9.17, 15) is 4.79 Å². The van der Waals surface area contributed by atoms with Gasteiger partial charge in [-0.05, 0) is 19.4 Å². The molecule has 1 heterocycles. The molecule has 2 unspecified atom stereocenters. The van der Waals surface area contributed by atoms with Gasteiger partial charge in [-0.2, -0.15) is 0 Å². The van der Waals surface area contributed by atoms with Crippen molar-refractivity contribution in [2.75, 3.05) is 6.61 Å². The molecule has 2 atom stereocenters. The van der Waals surface area contributed by atoms with Gasteiger partial charge < -0.3 is 10.1 Å². The van der Waals surface area contributed by atoms with Crippen molar-refractivity contribution in [1.82, 2.24) is 5.32 Å². The van der Waals surface area contributed by atoms with Crippen LogP contribution in [0, 0.1) is 0 Å². The molecule has 1 aromatic rings. The number of para-hydroxylation sites is 1. The second kappa shape index (κ2) is 5.21. The maximum atomic E-state index is 11.8. The zero-order valence-electron chi connectivity index (χ0n) is 10.4. The third-order valence-corrected chi connectivity index (χ3v) is 3.25. The summed E-state index contributed by atoms with van der Waals surface area (Å²) in [6.45, 7) is 4.71. The minimum absolute atomic E-state index is 0.115. The Morgan fingerprint density at radius 1 is 1.53 bits per heavy atom. The van der Waals surface area contributed by atoms with E-state index < -0.39 is 0 Å². The van der Waals surface area contributed by atoms with Crippen molar-refractivity contribution in [2.45, 2.75) is 38.6 Å². The topological polar surface area (TPSA) is 38.3 Å². The number of carbonyl (C=O) groups is 1. The first-order chi connectivity index (χ1) is 8.20. The first-order valence-corrected chi connectivity index (χ1v) is 6.21. The average Bonchev–Trinajstić information content (AvgIpc) is 2.72. The first-order valence-electron chi connectivity index (χ1n) is 6.21. The average molecular weight is 233 g/mol. The van der Waals surface area contributed by atoms with E-state index in [0.717, 1.165) is 17.7 Å². The quantitative estimate of drug-likeness (QED) is 0.867. The van der Waals surface area contributed by atoms with Crippen LogP contribution < -0.4 is 10.1 Å². The van der Waals surface area contributed by atoms with Gasteiger partial charge in [-0.1, -0.05) is 25.1 Å². The van der Waals surface area contributed by atoms with E-state index >= 15 is 0 Å². The zero-order chi connectivity index (χ0) is 12.3. The molecule has 0 bridgehead atoms. The Hall–Kier alpha value is -1.51. The van der Waals surface area contributed by atoms with Crippen LogP contribution in [0.4, 0.5) is 0 Å². The second-order valence-corrected chi connectivity index (χ2v) is 4.63. The van der Waals surface area contributed by atoms with E-state index in [2.05, 4.69) is 12.2 Å². The molecule has 1 N–H and O–H groups in total. The van der Waals surface area contributed by atoms with E-state index in [-0.39, 0.29) is 17.9 Å². The van der Waals surface area contributed by atoms with Crippen LogP contribution in [0.3, 0.4) is 0 Å². The molecule has 0 saturated heterocycles. The zero-order valence-corrected chi connectivity index (χ0v) is 10.4. The van der Waals surface area contributed by atoms with Gasteiger partial charge >= 0.3 is 0 Å². The normalized spacial score (nSPS) is 19.3. The molecule has 1 aliphatic rings. The summed E-state index contributed by atoms with van der Waals surface area (Å²) in [6.07, 6.45) is 1.48. The maximum absolute atomic E-state index is 11.8. The van der Waals surface area contributed by atoms with Gasteiger partial charge in [0.25, 0.3) is 0 Å². The predicted octanol–water partition coefficient (Wildman–Crippen LogP) is 2.47. The Bertz CT molecular complexity index is 403. The molecule has 0 spiro atoms. The lowest BCUT2D eigenvalue weighted by molar-refractivity contribution is -0.122. The summed E-state index contributed by atoms with van der Waals surface area (Å²) in [7, 11) is 0. The highest BCUT2D eigenvalue weighted by molar-refractivity contribution is 5.77. The number of hydrogen-bond donors (Lipinski definition) is 1. The summed E-state index contributed by atoms with van der Waals surface area (Å²) < 4.78 is 5.56. The van der Waals surface area contributed by atoms with Crippen LogP contribution in [0.1, 0.15) is 38.2 Å². The van der Waals surface area contributed by atoms with Crippen LogP contribution in [0.15, 0.2) is 24.3 Å². The molecule has 0 saturated carbocycles. The van der Waals surface area contributed by atoms with E-state index in [0.29, 0.717) is 13.0 Å². The predicted molar refractivity (Wildman–Crippen MR) is 67.2 cm³/mol. The molecule has 1 aromatic carbocycles. The minimum atomic E-state index is 0.115. The number of hydrogen-bond acceptors (Lipinski definition) is 2. The number of nitrogens with one attached hydrogen (secondary N) is 1. The van der Waals surface area contributed by atoms with Gasteiger partial charge in [-0.15, -0.1) is 0 Å². The van der Waals surface area contributed by atoms with Gasteiger partial charge in [0, 0.05) is 23.9 Å². The van der Waals surface area contributed by atoms with Crippen molar-refractivity contribution >= 4 is 5.91 Å². The summed E-state index contributed by atoms with van der Waals surface area (Å²) in [5.74, 6) is 1.24. The summed E-state index contributed by atoms with van der Waals surface area (Å²) in [5.41, 5.74) is 1.16. The van der Waals surface area contributed by atoms with Crippen LogP contribution in [0.2, 0.25) is 0 Å². The number of fused-ring (bicyclic) bond motifs is 1. The molecule has 0 aromatic heterocycles. The molecule has 92 valence electrons. The Balaban J connectivity index is 1.95. The number of amides is 1. The second-order valence-electron chi connectivity index (χ2n) is 4.63. The summed E-state index contributed by atoms with van der Waals surface area (Å²) >= 11 is 0. The molecular formula is C14H19NO2. The lowest BCUT2D eigenvalue weighted by Crippen LogP contribution is -2.33. The van der Waals surface area contributed by atoms with Gasteiger partial charge in [0.1, 0.15) is 5.75 Å². The number of rotatable bonds is 4. The maximum Gasteiger partial charge on any atom is 0.220 e.